The smallest absolute Gasteiger partial charge is 0.0103 e. The standard InChI is InChI=1S/5C19H16.2C13H12.C7H8/c1-15-12-18(16-8-4-2-5-9-16)14-19(13-15)17-10-6-3-7-11-17;2*1-15-12-13-18(16-8-4-2-5-9-16)14-19(15)17-10-6-3-7-11-17;1-15-12-13-18(16-8-4-2-5-9-16)19(14-15)17-10-6-3-7-11-17;1-15-7-5-10-17(13-15)19-12-6-11-18(14-19)16-8-3-2-4-9-16;1-11-6-5-9-13(10-11)12-7-3-2-4-8-12;1-11-7-9-13(10-8-11)12-5-3-2-4-6-12;1-7-5-3-2-4-6-7/h5*2-14H,1H3;2*2-10H,1H3;2-6H,1H3. The van der Waals surface area contributed by atoms with Crippen molar-refractivity contribution >= 4 is 0 Å². The van der Waals surface area contributed by atoms with Gasteiger partial charge in [0, 0.05) is 0 Å². The maximum absolute atomic E-state index is 2.28. The molecule has 0 aliphatic carbocycles. The van der Waals surface area contributed by atoms with Crippen LogP contribution in [0.5, 0.6) is 0 Å². The largest absolute Gasteiger partial charge is 0.0622 e. The van der Waals surface area contributed by atoms with Gasteiger partial charge in [-0.3, -0.25) is 0 Å². The van der Waals surface area contributed by atoms with Crippen molar-refractivity contribution in [2.45, 2.75) is 55.4 Å². The van der Waals surface area contributed by atoms with Crippen molar-refractivity contribution in [3.8, 4) is 134 Å². The van der Waals surface area contributed by atoms with Crippen LogP contribution >= 0.6 is 0 Å². The number of benzene rings is 20. The van der Waals surface area contributed by atoms with E-state index in [2.05, 4.69) is 553 Å². The van der Waals surface area contributed by atoms with E-state index in [0.717, 1.165) is 0 Å². The zero-order valence-electron chi connectivity index (χ0n) is 74.8. The zero-order valence-corrected chi connectivity index (χ0v) is 74.8. The quantitative estimate of drug-likeness (QED) is 0.114. The normalized spacial score (nSPS) is 10.2. The Morgan fingerprint density at radius 2 is 0.273 bits per heavy atom. The Bertz CT molecular complexity index is 6460. The minimum Gasteiger partial charge on any atom is -0.0622 e. The second-order valence-electron chi connectivity index (χ2n) is 32.1. The van der Waals surface area contributed by atoms with Crippen LogP contribution in [-0.4, -0.2) is 0 Å². The summed E-state index contributed by atoms with van der Waals surface area (Å²) in [5.74, 6) is 0. The Morgan fingerprint density at radius 3 is 0.594 bits per heavy atom. The van der Waals surface area contributed by atoms with E-state index < -0.39 is 0 Å². The van der Waals surface area contributed by atoms with E-state index >= 15 is 0 Å². The molecule has 0 nitrogen and oxygen atoms in total. The highest BCUT2D eigenvalue weighted by atomic mass is 14.2. The fraction of sp³-hybridized carbons (Fsp3) is 0.0625. The molecule has 0 bridgehead atoms. The molecule has 20 rings (SSSR count). The van der Waals surface area contributed by atoms with Crippen LogP contribution < -0.4 is 0 Å². The first kappa shape index (κ1) is 90.1. The molecule has 20 aromatic rings. The molecule has 0 amide bonds. The Balaban J connectivity index is 0.000000126. The van der Waals surface area contributed by atoms with Crippen molar-refractivity contribution in [2.75, 3.05) is 0 Å². The lowest BCUT2D eigenvalue weighted by Gasteiger charge is -2.11. The highest BCUT2D eigenvalue weighted by Gasteiger charge is 2.11. The molecule has 0 aliphatic rings. The van der Waals surface area contributed by atoms with Gasteiger partial charge in [0.05, 0.1) is 0 Å². The van der Waals surface area contributed by atoms with Crippen LogP contribution in [0.1, 0.15) is 44.5 Å². The van der Waals surface area contributed by atoms with Crippen molar-refractivity contribution in [3.63, 3.8) is 0 Å². The van der Waals surface area contributed by atoms with Crippen molar-refractivity contribution < 1.29 is 0 Å². The molecule has 128 heavy (non-hydrogen) atoms. The number of hydrogen-bond donors (Lipinski definition) is 0. The summed E-state index contributed by atoms with van der Waals surface area (Å²) in [4.78, 5) is 0. The first-order chi connectivity index (χ1) is 62.8. The lowest BCUT2D eigenvalue weighted by Crippen LogP contribution is -1.86. The summed E-state index contributed by atoms with van der Waals surface area (Å²) in [6.45, 7) is 17.1. The van der Waals surface area contributed by atoms with Gasteiger partial charge in [0.1, 0.15) is 0 Å². The van der Waals surface area contributed by atoms with Gasteiger partial charge in [-0.25, -0.2) is 0 Å². The van der Waals surface area contributed by atoms with Crippen LogP contribution in [0, 0.1) is 55.4 Å². The topological polar surface area (TPSA) is 0 Å². The van der Waals surface area contributed by atoms with Gasteiger partial charge >= 0.3 is 0 Å². The first-order valence-electron chi connectivity index (χ1n) is 44.2. The van der Waals surface area contributed by atoms with E-state index in [4.69, 9.17) is 0 Å². The molecule has 20 aromatic carbocycles. The number of rotatable bonds is 12. The van der Waals surface area contributed by atoms with Gasteiger partial charge in [-0.15, -0.1) is 0 Å². The van der Waals surface area contributed by atoms with Crippen molar-refractivity contribution in [1.29, 1.82) is 0 Å². The third kappa shape index (κ3) is 27.4. The monoisotopic (exact) mass is 1650 g/mol. The summed E-state index contributed by atoms with van der Waals surface area (Å²) in [5.41, 5.74) is 41.1. The molecular weight excluding hydrogens is 1540 g/mol. The van der Waals surface area contributed by atoms with Gasteiger partial charge in [-0.2, -0.15) is 0 Å². The van der Waals surface area contributed by atoms with Crippen LogP contribution in [0.25, 0.3) is 134 Å². The maximum atomic E-state index is 2.28. The molecule has 0 aromatic heterocycles. The van der Waals surface area contributed by atoms with Crippen LogP contribution in [0.3, 0.4) is 0 Å². The molecule has 0 heterocycles. The fourth-order valence-corrected chi connectivity index (χ4v) is 15.2. The Hall–Kier alpha value is -15.6. The third-order valence-electron chi connectivity index (χ3n) is 22.0. The van der Waals surface area contributed by atoms with Gasteiger partial charge in [0.2, 0.25) is 0 Å². The molecule has 0 saturated carbocycles. The van der Waals surface area contributed by atoms with E-state index in [1.807, 2.05) is 36.4 Å². The molecule has 0 spiro atoms. The fourth-order valence-electron chi connectivity index (χ4n) is 15.2. The van der Waals surface area contributed by atoms with Crippen molar-refractivity contribution in [1.82, 2.24) is 0 Å². The predicted molar refractivity (Wildman–Crippen MR) is 555 cm³/mol. The van der Waals surface area contributed by atoms with Crippen LogP contribution in [0.2, 0.25) is 0 Å². The van der Waals surface area contributed by atoms with Crippen molar-refractivity contribution in [2.24, 2.45) is 0 Å². The van der Waals surface area contributed by atoms with E-state index in [9.17, 15) is 0 Å². The molecule has 0 aliphatic heterocycles. The molecule has 0 N–H and O–H groups in total. The minimum absolute atomic E-state index is 1.26. The van der Waals surface area contributed by atoms with E-state index in [0.29, 0.717) is 0 Å². The van der Waals surface area contributed by atoms with Crippen LogP contribution in [0.15, 0.2) is 534 Å². The maximum Gasteiger partial charge on any atom is -0.0103 e. The lowest BCUT2D eigenvalue weighted by atomic mass is 9.93. The summed E-state index contributed by atoms with van der Waals surface area (Å²) in [6, 6.07) is 187. The van der Waals surface area contributed by atoms with Crippen LogP contribution in [-0.2, 0) is 0 Å². The number of aryl methyl sites for hydroxylation is 8. The first-order valence-corrected chi connectivity index (χ1v) is 44.2. The molecule has 0 fully saturated rings. The Kier molecular flexibility index (Phi) is 33.7. The molecule has 0 atom stereocenters. The van der Waals surface area contributed by atoms with Gasteiger partial charge in [-0.1, -0.05) is 537 Å². The van der Waals surface area contributed by atoms with Gasteiger partial charge in [-0.05, 0) is 230 Å². The van der Waals surface area contributed by atoms with E-state index in [1.165, 1.54) is 178 Å². The van der Waals surface area contributed by atoms with Crippen molar-refractivity contribution in [3.05, 3.63) is 578 Å². The minimum atomic E-state index is 1.26. The molecular formula is C128H112. The second-order valence-corrected chi connectivity index (χ2v) is 32.1. The Morgan fingerprint density at radius 1 is 0.0859 bits per heavy atom. The van der Waals surface area contributed by atoms with E-state index in [-0.39, 0.29) is 0 Å². The Labute approximate surface area is 761 Å². The molecule has 624 valence electrons. The van der Waals surface area contributed by atoms with E-state index in [1.54, 1.807) is 0 Å². The highest BCUT2D eigenvalue weighted by molar-refractivity contribution is 5.85. The number of hydrogen-bond acceptors (Lipinski definition) is 0. The molecule has 0 radical (unpaired) electrons. The summed E-state index contributed by atoms with van der Waals surface area (Å²) in [7, 11) is 0. The average Bonchev–Trinajstić information content (AvgIpc) is 0.818. The molecule has 0 heteroatoms. The summed E-state index contributed by atoms with van der Waals surface area (Å²) >= 11 is 0. The SMILES string of the molecule is Cc1cc(-c2ccccc2)cc(-c2ccccc2)c1.Cc1ccc(-c2ccccc2)c(-c2ccccc2)c1.Cc1ccc(-c2ccccc2)cc1.Cc1ccc(-c2ccccc2)cc1-c1ccccc1.Cc1ccc(-c2ccccc2)cc1-c1ccccc1.Cc1cccc(-c2cccc(-c3ccccc3)c2)c1.Cc1cccc(-c2ccccc2)c1.Cc1ccccc1. The lowest BCUT2D eigenvalue weighted by molar-refractivity contribution is 1.45. The zero-order chi connectivity index (χ0) is 88.7. The van der Waals surface area contributed by atoms with Gasteiger partial charge < -0.3 is 0 Å². The summed E-state index contributed by atoms with van der Waals surface area (Å²) < 4.78 is 0. The summed E-state index contributed by atoms with van der Waals surface area (Å²) in [6.07, 6.45) is 0. The highest BCUT2D eigenvalue weighted by Crippen LogP contribution is 2.36. The molecule has 0 saturated heterocycles. The third-order valence-corrected chi connectivity index (χ3v) is 22.0. The van der Waals surface area contributed by atoms with Gasteiger partial charge in [0.25, 0.3) is 0 Å². The average molecular weight is 1650 g/mol. The second kappa shape index (κ2) is 47.9. The predicted octanol–water partition coefficient (Wildman–Crippen LogP) is 36.0. The van der Waals surface area contributed by atoms with Gasteiger partial charge in [0.15, 0.2) is 0 Å². The summed E-state index contributed by atoms with van der Waals surface area (Å²) in [5, 5.41) is 0. The molecule has 0 unspecified atom stereocenters. The van der Waals surface area contributed by atoms with Crippen LogP contribution in [0.4, 0.5) is 0 Å².